The second kappa shape index (κ2) is 8.60. The summed E-state index contributed by atoms with van der Waals surface area (Å²) in [5.41, 5.74) is 3.87. The van der Waals surface area contributed by atoms with Crippen molar-refractivity contribution in [1.82, 2.24) is 0 Å². The van der Waals surface area contributed by atoms with Crippen molar-refractivity contribution in [3.05, 3.63) is 53.1 Å². The van der Waals surface area contributed by atoms with E-state index in [2.05, 4.69) is 29.4 Å². The normalized spacial score (nSPS) is 10.3. The Hall–Kier alpha value is -2.20. The fourth-order valence-corrected chi connectivity index (χ4v) is 2.68. The quantitative estimate of drug-likeness (QED) is 0.774. The van der Waals surface area contributed by atoms with E-state index in [0.717, 1.165) is 35.7 Å². The van der Waals surface area contributed by atoms with Crippen LogP contribution in [-0.4, -0.2) is 25.5 Å². The maximum atomic E-state index is 12.1. The topological polar surface area (TPSA) is 44.4 Å². The molecule has 128 valence electrons. The average molecular weight is 346 g/mol. The number of amides is 1. The van der Waals surface area contributed by atoms with Gasteiger partial charge in [-0.05, 0) is 62.7 Å². The number of aryl methyl sites for hydroxylation is 1. The fourth-order valence-electron chi connectivity index (χ4n) is 2.51. The highest BCUT2D eigenvalue weighted by atomic mass is 35.5. The molecule has 0 fully saturated rings. The van der Waals surface area contributed by atoms with E-state index in [0.29, 0.717) is 5.02 Å². The summed E-state index contributed by atoms with van der Waals surface area (Å²) >= 11 is 5.98. The molecule has 0 aromatic heterocycles. The van der Waals surface area contributed by atoms with Crippen molar-refractivity contribution in [2.24, 2.45) is 0 Å². The fraction of sp³-hybridized carbons (Fsp3) is 0.316. The summed E-state index contributed by atoms with van der Waals surface area (Å²) < 4.78 is 0. The lowest BCUT2D eigenvalue weighted by Gasteiger charge is -2.21. The van der Waals surface area contributed by atoms with Gasteiger partial charge in [0, 0.05) is 35.2 Å². The highest BCUT2D eigenvalue weighted by Gasteiger charge is 2.06. The molecule has 0 unspecified atom stereocenters. The van der Waals surface area contributed by atoms with Crippen molar-refractivity contribution in [3.63, 3.8) is 0 Å². The Morgan fingerprint density at radius 2 is 1.75 bits per heavy atom. The van der Waals surface area contributed by atoms with Gasteiger partial charge in [0.2, 0.25) is 5.91 Å². The summed E-state index contributed by atoms with van der Waals surface area (Å²) in [5.74, 6) is -0.0926. The minimum atomic E-state index is -0.0926. The number of nitrogens with one attached hydrogen (secondary N) is 2. The van der Waals surface area contributed by atoms with E-state index in [1.165, 1.54) is 0 Å². The van der Waals surface area contributed by atoms with Crippen molar-refractivity contribution in [3.8, 4) is 0 Å². The number of nitrogens with zero attached hydrogens (tertiary/aromatic N) is 1. The minimum Gasteiger partial charge on any atom is -0.376 e. The first-order valence-electron chi connectivity index (χ1n) is 8.18. The number of hydrogen-bond acceptors (Lipinski definition) is 3. The van der Waals surface area contributed by atoms with E-state index in [9.17, 15) is 4.79 Å². The molecule has 0 heterocycles. The number of hydrogen-bond donors (Lipinski definition) is 2. The maximum Gasteiger partial charge on any atom is 0.243 e. The van der Waals surface area contributed by atoms with Crippen LogP contribution in [0, 0.1) is 6.92 Å². The molecule has 5 heteroatoms. The second-order valence-corrected chi connectivity index (χ2v) is 6.02. The van der Waals surface area contributed by atoms with Crippen LogP contribution in [0.3, 0.4) is 0 Å². The van der Waals surface area contributed by atoms with Crippen LogP contribution in [0.5, 0.6) is 0 Å². The maximum absolute atomic E-state index is 12.1. The van der Waals surface area contributed by atoms with Gasteiger partial charge in [0.05, 0.1) is 6.54 Å². The zero-order valence-corrected chi connectivity index (χ0v) is 15.2. The molecule has 2 aromatic carbocycles. The van der Waals surface area contributed by atoms with Gasteiger partial charge in [-0.2, -0.15) is 0 Å². The Morgan fingerprint density at radius 3 is 2.38 bits per heavy atom. The number of benzene rings is 2. The Labute approximate surface area is 148 Å². The Bertz CT molecular complexity index is 682. The molecule has 2 N–H and O–H groups in total. The zero-order valence-electron chi connectivity index (χ0n) is 14.4. The van der Waals surface area contributed by atoms with Crippen LogP contribution >= 0.6 is 11.6 Å². The van der Waals surface area contributed by atoms with Gasteiger partial charge in [0.15, 0.2) is 0 Å². The molecular weight excluding hydrogens is 322 g/mol. The smallest absolute Gasteiger partial charge is 0.243 e. The molecule has 0 atom stereocenters. The number of halogens is 1. The molecule has 24 heavy (non-hydrogen) atoms. The van der Waals surface area contributed by atoms with Gasteiger partial charge in [-0.15, -0.1) is 0 Å². The molecule has 0 spiro atoms. The molecule has 0 aliphatic rings. The van der Waals surface area contributed by atoms with Gasteiger partial charge in [0.1, 0.15) is 0 Å². The van der Waals surface area contributed by atoms with Gasteiger partial charge < -0.3 is 15.5 Å². The number of rotatable bonds is 7. The predicted molar refractivity (Wildman–Crippen MR) is 103 cm³/mol. The van der Waals surface area contributed by atoms with Crippen LogP contribution < -0.4 is 15.5 Å². The zero-order chi connectivity index (χ0) is 17.5. The third-order valence-corrected chi connectivity index (χ3v) is 4.15. The Morgan fingerprint density at radius 1 is 1.08 bits per heavy atom. The Kier molecular flexibility index (Phi) is 6.50. The monoisotopic (exact) mass is 345 g/mol. The summed E-state index contributed by atoms with van der Waals surface area (Å²) in [6.07, 6.45) is 0. The summed E-state index contributed by atoms with van der Waals surface area (Å²) in [4.78, 5) is 14.4. The molecular formula is C19H24ClN3O. The van der Waals surface area contributed by atoms with Crippen molar-refractivity contribution in [2.45, 2.75) is 20.8 Å². The highest BCUT2D eigenvalue weighted by molar-refractivity contribution is 6.30. The van der Waals surface area contributed by atoms with Gasteiger partial charge in [-0.1, -0.05) is 17.7 Å². The SMILES string of the molecule is CCN(CC)c1ccc(NC(=O)CNc2cc(Cl)ccc2C)cc1. The number of carbonyl (C=O) groups excluding carboxylic acids is 1. The molecule has 0 saturated carbocycles. The van der Waals surface area contributed by atoms with Crippen LogP contribution in [-0.2, 0) is 4.79 Å². The predicted octanol–water partition coefficient (Wildman–Crippen LogP) is 4.55. The van der Waals surface area contributed by atoms with Gasteiger partial charge in [0.25, 0.3) is 0 Å². The lowest BCUT2D eigenvalue weighted by molar-refractivity contribution is -0.114. The molecule has 4 nitrogen and oxygen atoms in total. The van der Waals surface area contributed by atoms with E-state index in [1.54, 1.807) is 0 Å². The lowest BCUT2D eigenvalue weighted by Crippen LogP contribution is -2.23. The first-order valence-corrected chi connectivity index (χ1v) is 8.56. The van der Waals surface area contributed by atoms with Crippen molar-refractivity contribution in [2.75, 3.05) is 35.2 Å². The third kappa shape index (κ3) is 4.90. The first kappa shape index (κ1) is 18.1. The van der Waals surface area contributed by atoms with E-state index in [1.807, 2.05) is 49.4 Å². The van der Waals surface area contributed by atoms with Crippen LogP contribution in [0.2, 0.25) is 5.02 Å². The van der Waals surface area contributed by atoms with Crippen LogP contribution in [0.1, 0.15) is 19.4 Å². The van der Waals surface area contributed by atoms with Gasteiger partial charge in [-0.3, -0.25) is 4.79 Å². The largest absolute Gasteiger partial charge is 0.376 e. The van der Waals surface area contributed by atoms with E-state index < -0.39 is 0 Å². The number of carbonyl (C=O) groups is 1. The highest BCUT2D eigenvalue weighted by Crippen LogP contribution is 2.20. The molecule has 0 aliphatic carbocycles. The first-order chi connectivity index (χ1) is 11.5. The van der Waals surface area contributed by atoms with E-state index in [-0.39, 0.29) is 12.5 Å². The van der Waals surface area contributed by atoms with Gasteiger partial charge in [-0.25, -0.2) is 0 Å². The molecule has 0 saturated heterocycles. The minimum absolute atomic E-state index is 0.0926. The summed E-state index contributed by atoms with van der Waals surface area (Å²) in [6, 6.07) is 13.5. The van der Waals surface area contributed by atoms with E-state index >= 15 is 0 Å². The lowest BCUT2D eigenvalue weighted by atomic mass is 10.2. The van der Waals surface area contributed by atoms with Gasteiger partial charge >= 0.3 is 0 Å². The standard InChI is InChI=1S/C19H24ClN3O/c1-4-23(5-2)17-10-8-16(9-11-17)22-19(24)13-21-18-12-15(20)7-6-14(18)3/h6-12,21H,4-5,13H2,1-3H3,(H,22,24). The molecule has 1 amide bonds. The summed E-state index contributed by atoms with van der Waals surface area (Å²) in [6.45, 7) is 8.35. The number of anilines is 3. The molecule has 2 aromatic rings. The molecule has 0 bridgehead atoms. The third-order valence-electron chi connectivity index (χ3n) is 3.92. The van der Waals surface area contributed by atoms with Crippen molar-refractivity contribution >= 4 is 34.6 Å². The summed E-state index contributed by atoms with van der Waals surface area (Å²) in [7, 11) is 0. The van der Waals surface area contributed by atoms with Crippen LogP contribution in [0.15, 0.2) is 42.5 Å². The van der Waals surface area contributed by atoms with Crippen molar-refractivity contribution in [1.29, 1.82) is 0 Å². The molecule has 2 rings (SSSR count). The van der Waals surface area contributed by atoms with Crippen LogP contribution in [0.4, 0.5) is 17.1 Å². The molecule has 0 aliphatic heterocycles. The van der Waals surface area contributed by atoms with E-state index in [4.69, 9.17) is 11.6 Å². The molecule has 0 radical (unpaired) electrons. The van der Waals surface area contributed by atoms with Crippen LogP contribution in [0.25, 0.3) is 0 Å². The second-order valence-electron chi connectivity index (χ2n) is 5.58. The van der Waals surface area contributed by atoms with Crippen molar-refractivity contribution < 1.29 is 4.79 Å². The average Bonchev–Trinajstić information content (AvgIpc) is 2.58. The Balaban J connectivity index is 1.91. The summed E-state index contributed by atoms with van der Waals surface area (Å²) in [5, 5.41) is 6.66.